The Morgan fingerprint density at radius 1 is 1.33 bits per heavy atom. The van der Waals surface area contributed by atoms with Crippen molar-refractivity contribution in [2.24, 2.45) is 5.92 Å². The number of aromatic nitrogens is 3. The number of carbonyl (C=O) groups is 2. The van der Waals surface area contributed by atoms with Crippen LogP contribution in [-0.4, -0.2) is 38.0 Å². The van der Waals surface area contributed by atoms with Crippen LogP contribution in [0, 0.1) is 5.92 Å². The molecule has 0 fully saturated rings. The van der Waals surface area contributed by atoms with Crippen molar-refractivity contribution in [3.05, 3.63) is 34.6 Å². The normalized spacial score (nSPS) is 13.4. The average molecular weight is 332 g/mol. The second-order valence-electron chi connectivity index (χ2n) is 5.65. The molecule has 2 aromatic rings. The molecule has 24 heavy (non-hydrogen) atoms. The molecule has 1 aromatic carbocycles. The Bertz CT molecular complexity index is 802. The van der Waals surface area contributed by atoms with E-state index < -0.39 is 17.9 Å². The van der Waals surface area contributed by atoms with Gasteiger partial charge in [0.2, 0.25) is 5.91 Å². The minimum atomic E-state index is -1.07. The fourth-order valence-corrected chi connectivity index (χ4v) is 2.31. The molecule has 0 aliphatic carbocycles. The smallest absolute Gasteiger partial charge is 0.326 e. The number of rotatable bonds is 7. The summed E-state index contributed by atoms with van der Waals surface area (Å²) >= 11 is 0. The number of nitrogens with zero attached hydrogens (tertiary/aromatic N) is 3. The highest BCUT2D eigenvalue weighted by Gasteiger charge is 2.25. The first kappa shape index (κ1) is 17.6. The van der Waals surface area contributed by atoms with Crippen molar-refractivity contribution >= 4 is 22.8 Å². The highest BCUT2D eigenvalue weighted by Crippen LogP contribution is 2.08. The molecule has 0 aliphatic rings. The largest absolute Gasteiger partial charge is 0.480 e. The number of nitrogens with one attached hydrogen (secondary N) is 1. The van der Waals surface area contributed by atoms with Crippen molar-refractivity contribution in [1.29, 1.82) is 0 Å². The van der Waals surface area contributed by atoms with E-state index in [0.717, 1.165) is 4.68 Å². The molecule has 1 amide bonds. The van der Waals surface area contributed by atoms with Gasteiger partial charge in [-0.3, -0.25) is 9.59 Å². The number of fused-ring (bicyclic) bond motifs is 1. The van der Waals surface area contributed by atoms with Gasteiger partial charge in [0.05, 0.1) is 11.9 Å². The highest BCUT2D eigenvalue weighted by molar-refractivity contribution is 5.83. The molecular formula is C16H20N4O4. The maximum atomic E-state index is 12.3. The predicted octanol–water partition coefficient (Wildman–Crippen LogP) is 0.797. The molecule has 0 unspecified atom stereocenters. The van der Waals surface area contributed by atoms with Gasteiger partial charge in [-0.15, -0.1) is 5.10 Å². The zero-order chi connectivity index (χ0) is 17.7. The van der Waals surface area contributed by atoms with Crippen molar-refractivity contribution in [3.63, 3.8) is 0 Å². The fraction of sp³-hybridized carbons (Fsp3) is 0.438. The lowest BCUT2D eigenvalue weighted by Crippen LogP contribution is -2.45. The van der Waals surface area contributed by atoms with Crippen LogP contribution >= 0.6 is 0 Å². The van der Waals surface area contributed by atoms with Crippen molar-refractivity contribution < 1.29 is 14.7 Å². The number of aryl methyl sites for hydroxylation is 1. The highest BCUT2D eigenvalue weighted by atomic mass is 16.4. The predicted molar refractivity (Wildman–Crippen MR) is 87.4 cm³/mol. The first-order chi connectivity index (χ1) is 11.4. The lowest BCUT2D eigenvalue weighted by Gasteiger charge is -2.20. The molecule has 2 atom stereocenters. The van der Waals surface area contributed by atoms with Gasteiger partial charge in [0.1, 0.15) is 11.6 Å². The van der Waals surface area contributed by atoms with Gasteiger partial charge in [-0.2, -0.15) is 0 Å². The Labute approximate surface area is 138 Å². The third-order valence-electron chi connectivity index (χ3n) is 3.98. The Balaban J connectivity index is 2.05. The van der Waals surface area contributed by atoms with Crippen LogP contribution in [0.15, 0.2) is 29.1 Å². The second kappa shape index (κ2) is 7.67. The van der Waals surface area contributed by atoms with Crippen LogP contribution in [0.1, 0.15) is 26.7 Å². The molecule has 1 heterocycles. The average Bonchev–Trinajstić information content (AvgIpc) is 2.58. The Kier molecular flexibility index (Phi) is 5.62. The van der Waals surface area contributed by atoms with Crippen LogP contribution in [-0.2, 0) is 16.1 Å². The summed E-state index contributed by atoms with van der Waals surface area (Å²) in [6, 6.07) is 5.87. The van der Waals surface area contributed by atoms with E-state index in [0.29, 0.717) is 17.3 Å². The molecule has 0 bridgehead atoms. The summed E-state index contributed by atoms with van der Waals surface area (Å²) in [4.78, 5) is 35.5. The molecule has 0 radical (unpaired) electrons. The standard InChI is InChI=1S/C16H20N4O4/c1-3-10(2)14(16(23)24)17-13(21)8-9-20-15(22)11-6-4-5-7-12(11)18-19-20/h4-7,10,14H,3,8-9H2,1-2H3,(H,17,21)(H,23,24)/t10-,14+/m1/s1. The molecule has 2 rings (SSSR count). The van der Waals surface area contributed by atoms with Crippen LogP contribution < -0.4 is 10.9 Å². The van der Waals surface area contributed by atoms with Gasteiger partial charge in [0, 0.05) is 6.42 Å². The van der Waals surface area contributed by atoms with Gasteiger partial charge < -0.3 is 10.4 Å². The molecule has 2 N–H and O–H groups in total. The van der Waals surface area contributed by atoms with Gasteiger partial charge in [0.25, 0.3) is 5.56 Å². The number of hydrogen-bond donors (Lipinski definition) is 2. The second-order valence-corrected chi connectivity index (χ2v) is 5.65. The van der Waals surface area contributed by atoms with E-state index in [1.54, 1.807) is 31.2 Å². The van der Waals surface area contributed by atoms with Crippen molar-refractivity contribution in [2.45, 2.75) is 39.3 Å². The molecule has 0 spiro atoms. The van der Waals surface area contributed by atoms with Gasteiger partial charge in [-0.25, -0.2) is 9.48 Å². The first-order valence-corrected chi connectivity index (χ1v) is 7.78. The van der Waals surface area contributed by atoms with Crippen LogP contribution in [0.3, 0.4) is 0 Å². The van der Waals surface area contributed by atoms with Gasteiger partial charge >= 0.3 is 5.97 Å². The fourth-order valence-electron chi connectivity index (χ4n) is 2.31. The summed E-state index contributed by atoms with van der Waals surface area (Å²) in [6.07, 6.45) is 0.583. The Morgan fingerprint density at radius 2 is 2.04 bits per heavy atom. The number of carbonyl (C=O) groups excluding carboxylic acids is 1. The monoisotopic (exact) mass is 332 g/mol. The van der Waals surface area contributed by atoms with Gasteiger partial charge in [-0.05, 0) is 18.1 Å². The van der Waals surface area contributed by atoms with Gasteiger partial charge in [-0.1, -0.05) is 37.6 Å². The first-order valence-electron chi connectivity index (χ1n) is 7.78. The van der Waals surface area contributed by atoms with Crippen LogP contribution in [0.25, 0.3) is 10.9 Å². The van der Waals surface area contributed by atoms with E-state index in [-0.39, 0.29) is 24.4 Å². The molecule has 1 aromatic heterocycles. The molecule has 128 valence electrons. The molecule has 0 saturated carbocycles. The maximum Gasteiger partial charge on any atom is 0.326 e. The van der Waals surface area contributed by atoms with Crippen LogP contribution in [0.4, 0.5) is 0 Å². The van der Waals surface area contributed by atoms with Crippen molar-refractivity contribution in [1.82, 2.24) is 20.3 Å². The van der Waals surface area contributed by atoms with E-state index >= 15 is 0 Å². The Hall–Kier alpha value is -2.77. The van der Waals surface area contributed by atoms with E-state index in [4.69, 9.17) is 0 Å². The number of benzene rings is 1. The summed E-state index contributed by atoms with van der Waals surface area (Å²) in [5.41, 5.74) is 0.163. The molecule has 8 nitrogen and oxygen atoms in total. The summed E-state index contributed by atoms with van der Waals surface area (Å²) in [5, 5.41) is 19.8. The molecule has 0 saturated heterocycles. The third-order valence-corrected chi connectivity index (χ3v) is 3.98. The zero-order valence-electron chi connectivity index (χ0n) is 13.6. The number of carboxylic acids is 1. The van der Waals surface area contributed by atoms with E-state index in [9.17, 15) is 19.5 Å². The minimum Gasteiger partial charge on any atom is -0.480 e. The number of carboxylic acid groups (broad SMARTS) is 1. The van der Waals surface area contributed by atoms with Crippen molar-refractivity contribution in [3.8, 4) is 0 Å². The van der Waals surface area contributed by atoms with E-state index in [1.165, 1.54) is 0 Å². The maximum absolute atomic E-state index is 12.3. The summed E-state index contributed by atoms with van der Waals surface area (Å²) in [5.74, 6) is -1.69. The SMILES string of the molecule is CC[C@@H](C)[C@H](NC(=O)CCn1nnc2ccccc2c1=O)C(=O)O. The number of amides is 1. The zero-order valence-corrected chi connectivity index (χ0v) is 13.6. The summed E-state index contributed by atoms with van der Waals surface area (Å²) < 4.78 is 1.11. The molecular weight excluding hydrogens is 312 g/mol. The molecule has 0 aliphatic heterocycles. The third kappa shape index (κ3) is 3.95. The topological polar surface area (TPSA) is 114 Å². The quantitative estimate of drug-likeness (QED) is 0.775. The molecule has 8 heteroatoms. The Morgan fingerprint density at radius 3 is 2.71 bits per heavy atom. The summed E-state index contributed by atoms with van der Waals surface area (Å²) in [6.45, 7) is 3.66. The number of aliphatic carboxylic acids is 1. The van der Waals surface area contributed by atoms with E-state index in [1.807, 2.05) is 6.92 Å². The summed E-state index contributed by atoms with van der Waals surface area (Å²) in [7, 11) is 0. The minimum absolute atomic E-state index is 0.0370. The van der Waals surface area contributed by atoms with Gasteiger partial charge in [0.15, 0.2) is 0 Å². The van der Waals surface area contributed by atoms with Crippen LogP contribution in [0.5, 0.6) is 0 Å². The van der Waals surface area contributed by atoms with Crippen LogP contribution in [0.2, 0.25) is 0 Å². The number of hydrogen-bond acceptors (Lipinski definition) is 5. The van der Waals surface area contributed by atoms with Crippen molar-refractivity contribution in [2.75, 3.05) is 0 Å². The van der Waals surface area contributed by atoms with E-state index in [2.05, 4.69) is 15.6 Å². The lowest BCUT2D eigenvalue weighted by atomic mass is 9.99. The lowest BCUT2D eigenvalue weighted by molar-refractivity contribution is -0.143.